The predicted octanol–water partition coefficient (Wildman–Crippen LogP) is 1.46. The van der Waals surface area contributed by atoms with Crippen LogP contribution < -0.4 is 5.56 Å². The Balaban J connectivity index is 2.54. The van der Waals surface area contributed by atoms with Crippen LogP contribution in [0.25, 0.3) is 10.8 Å². The van der Waals surface area contributed by atoms with E-state index in [0.717, 1.165) is 17.1 Å². The van der Waals surface area contributed by atoms with Crippen LogP contribution in [0.15, 0.2) is 22.4 Å². The van der Waals surface area contributed by atoms with Crippen LogP contribution in [-0.4, -0.2) is 15.0 Å². The van der Waals surface area contributed by atoms with Crippen LogP contribution >= 0.6 is 11.3 Å². The first-order chi connectivity index (χ1) is 6.79. The van der Waals surface area contributed by atoms with Crippen LogP contribution in [0.3, 0.4) is 0 Å². The van der Waals surface area contributed by atoms with E-state index in [9.17, 15) is 4.79 Å². The van der Waals surface area contributed by atoms with E-state index in [1.54, 1.807) is 6.20 Å². The molecule has 72 valence electrons. The Morgan fingerprint density at radius 2 is 2.43 bits per heavy atom. The molecule has 2 aromatic rings. The molecule has 0 spiro atoms. The Morgan fingerprint density at radius 1 is 1.57 bits per heavy atom. The molecule has 2 aromatic heterocycles. The van der Waals surface area contributed by atoms with E-state index < -0.39 is 0 Å². The number of hydrogen-bond acceptors (Lipinski definition) is 4. The predicted molar refractivity (Wildman–Crippen MR) is 55.3 cm³/mol. The normalized spacial score (nSPS) is 10.4. The van der Waals surface area contributed by atoms with Crippen LogP contribution in [0.4, 0.5) is 0 Å². The number of aromatic amines is 1. The van der Waals surface area contributed by atoms with E-state index in [0.29, 0.717) is 5.82 Å². The average molecular weight is 207 g/mol. The number of aromatic nitrogens is 3. The maximum Gasteiger partial charge on any atom is 0.251 e. The number of aryl methyl sites for hydroxylation is 1. The van der Waals surface area contributed by atoms with Crippen molar-refractivity contribution in [3.05, 3.63) is 33.7 Å². The van der Waals surface area contributed by atoms with Crippen LogP contribution in [0.2, 0.25) is 0 Å². The van der Waals surface area contributed by atoms with E-state index in [2.05, 4.69) is 15.0 Å². The van der Waals surface area contributed by atoms with Crippen LogP contribution in [0.5, 0.6) is 0 Å². The van der Waals surface area contributed by atoms with E-state index >= 15 is 0 Å². The van der Waals surface area contributed by atoms with Crippen molar-refractivity contribution in [2.45, 2.75) is 13.3 Å². The second-order valence-corrected chi connectivity index (χ2v) is 3.67. The Hall–Kier alpha value is -1.49. The summed E-state index contributed by atoms with van der Waals surface area (Å²) in [7, 11) is 0. The van der Waals surface area contributed by atoms with Crippen LogP contribution in [0.1, 0.15) is 12.6 Å². The van der Waals surface area contributed by atoms with Gasteiger partial charge in [-0.2, -0.15) is 0 Å². The van der Waals surface area contributed by atoms with Gasteiger partial charge in [-0.1, -0.05) is 6.92 Å². The molecule has 0 bridgehead atoms. The Morgan fingerprint density at radius 3 is 3.07 bits per heavy atom. The average Bonchev–Trinajstić information content (AvgIpc) is 2.69. The molecule has 0 aliphatic carbocycles. The minimum atomic E-state index is -0.123. The van der Waals surface area contributed by atoms with Crippen molar-refractivity contribution < 1.29 is 0 Å². The Labute approximate surface area is 84.7 Å². The highest BCUT2D eigenvalue weighted by molar-refractivity contribution is 7.12. The fourth-order valence-electron chi connectivity index (χ4n) is 1.13. The number of hydrogen-bond donors (Lipinski definition) is 1. The molecular weight excluding hydrogens is 198 g/mol. The number of nitrogens with zero attached hydrogens (tertiary/aromatic N) is 2. The summed E-state index contributed by atoms with van der Waals surface area (Å²) in [6, 6.07) is 1.51. The van der Waals surface area contributed by atoms with Gasteiger partial charge in [0.1, 0.15) is 0 Å². The molecule has 0 saturated heterocycles. The van der Waals surface area contributed by atoms with Crippen LogP contribution in [0, 0.1) is 0 Å². The number of rotatable bonds is 2. The molecule has 0 aliphatic rings. The third kappa shape index (κ3) is 1.72. The van der Waals surface area contributed by atoms with E-state index in [4.69, 9.17) is 0 Å². The molecular formula is C9H9N3OS. The summed E-state index contributed by atoms with van der Waals surface area (Å²) in [6.45, 7) is 1.97. The zero-order valence-electron chi connectivity index (χ0n) is 7.65. The van der Waals surface area contributed by atoms with Gasteiger partial charge < -0.3 is 4.98 Å². The molecule has 2 heterocycles. The molecule has 0 fully saturated rings. The first kappa shape index (κ1) is 9.08. The molecule has 2 rings (SSSR count). The lowest BCUT2D eigenvalue weighted by Crippen LogP contribution is -2.09. The molecule has 0 aromatic carbocycles. The fourth-order valence-corrected chi connectivity index (χ4v) is 1.71. The lowest BCUT2D eigenvalue weighted by atomic mass is 10.3. The largest absolute Gasteiger partial charge is 0.304 e. The quantitative estimate of drug-likeness (QED) is 0.811. The molecule has 14 heavy (non-hydrogen) atoms. The lowest BCUT2D eigenvalue weighted by molar-refractivity contribution is 0.985. The molecule has 0 saturated carbocycles. The first-order valence-electron chi connectivity index (χ1n) is 4.29. The monoisotopic (exact) mass is 207 g/mol. The van der Waals surface area contributed by atoms with Crippen LogP contribution in [-0.2, 0) is 6.42 Å². The van der Waals surface area contributed by atoms with Crippen molar-refractivity contribution in [1.82, 2.24) is 15.0 Å². The van der Waals surface area contributed by atoms with Gasteiger partial charge in [-0.15, -0.1) is 11.3 Å². The Bertz CT molecular complexity index is 475. The van der Waals surface area contributed by atoms with Crippen molar-refractivity contribution in [1.29, 1.82) is 0 Å². The zero-order valence-corrected chi connectivity index (χ0v) is 8.47. The minimum Gasteiger partial charge on any atom is -0.304 e. The van der Waals surface area contributed by atoms with Crippen molar-refractivity contribution in [2.75, 3.05) is 0 Å². The smallest absolute Gasteiger partial charge is 0.251 e. The summed E-state index contributed by atoms with van der Waals surface area (Å²) in [4.78, 5) is 22.3. The zero-order chi connectivity index (χ0) is 9.97. The molecule has 4 nitrogen and oxygen atoms in total. The summed E-state index contributed by atoms with van der Waals surface area (Å²) >= 11 is 1.46. The van der Waals surface area contributed by atoms with Crippen molar-refractivity contribution in [2.24, 2.45) is 0 Å². The SMILES string of the molecule is CCc1cc(=O)[nH]c(-c2nccs2)n1. The number of thiazole rings is 1. The van der Waals surface area contributed by atoms with Gasteiger partial charge in [-0.25, -0.2) is 9.97 Å². The van der Waals surface area contributed by atoms with E-state index in [-0.39, 0.29) is 5.56 Å². The second-order valence-electron chi connectivity index (χ2n) is 2.78. The Kier molecular flexibility index (Phi) is 2.41. The van der Waals surface area contributed by atoms with Gasteiger partial charge in [0.05, 0.1) is 0 Å². The standard InChI is InChI=1S/C9H9N3OS/c1-2-6-5-7(13)12-8(11-6)9-10-3-4-14-9/h3-5H,2H2,1H3,(H,11,12,13). The molecule has 0 aliphatic heterocycles. The molecule has 1 N–H and O–H groups in total. The summed E-state index contributed by atoms with van der Waals surface area (Å²) in [5.74, 6) is 0.560. The van der Waals surface area contributed by atoms with Crippen molar-refractivity contribution in [3.8, 4) is 10.8 Å². The molecule has 0 unspecified atom stereocenters. The van der Waals surface area contributed by atoms with Gasteiger partial charge in [0.15, 0.2) is 10.8 Å². The number of H-pyrrole nitrogens is 1. The molecule has 0 radical (unpaired) electrons. The maximum atomic E-state index is 11.2. The maximum absolute atomic E-state index is 11.2. The van der Waals surface area contributed by atoms with Crippen molar-refractivity contribution >= 4 is 11.3 Å². The van der Waals surface area contributed by atoms with E-state index in [1.165, 1.54) is 17.4 Å². The fraction of sp³-hybridized carbons (Fsp3) is 0.222. The van der Waals surface area contributed by atoms with Gasteiger partial charge >= 0.3 is 0 Å². The van der Waals surface area contributed by atoms with Gasteiger partial charge in [-0.05, 0) is 6.42 Å². The van der Waals surface area contributed by atoms with E-state index in [1.807, 2.05) is 12.3 Å². The highest BCUT2D eigenvalue weighted by Gasteiger charge is 2.04. The third-order valence-corrected chi connectivity index (χ3v) is 2.57. The van der Waals surface area contributed by atoms with Gasteiger partial charge in [0.2, 0.25) is 0 Å². The molecule has 5 heteroatoms. The first-order valence-corrected chi connectivity index (χ1v) is 5.17. The van der Waals surface area contributed by atoms with Gasteiger partial charge in [0, 0.05) is 23.3 Å². The highest BCUT2D eigenvalue weighted by Crippen LogP contribution is 2.15. The topological polar surface area (TPSA) is 58.6 Å². The number of nitrogens with one attached hydrogen (secondary N) is 1. The molecule has 0 atom stereocenters. The summed E-state index contributed by atoms with van der Waals surface area (Å²) in [6.07, 6.45) is 2.45. The molecule has 0 amide bonds. The summed E-state index contributed by atoms with van der Waals surface area (Å²) in [5.41, 5.74) is 0.668. The third-order valence-electron chi connectivity index (χ3n) is 1.79. The highest BCUT2D eigenvalue weighted by atomic mass is 32.1. The van der Waals surface area contributed by atoms with Gasteiger partial charge in [-0.3, -0.25) is 4.79 Å². The minimum absolute atomic E-state index is 0.123. The van der Waals surface area contributed by atoms with Crippen molar-refractivity contribution in [3.63, 3.8) is 0 Å². The second kappa shape index (κ2) is 3.71. The van der Waals surface area contributed by atoms with Gasteiger partial charge in [0.25, 0.3) is 5.56 Å². The summed E-state index contributed by atoms with van der Waals surface area (Å²) < 4.78 is 0. The summed E-state index contributed by atoms with van der Waals surface area (Å²) in [5, 5.41) is 2.60. The lowest BCUT2D eigenvalue weighted by Gasteiger charge is -1.98.